The molecular formula is C22H22F3N5O2. The zero-order chi connectivity index (χ0) is 22.9. The third-order valence-electron chi connectivity index (χ3n) is 5.29. The molecule has 0 saturated carbocycles. The standard InChI is InChI=1S/C22H22F3N5O2/c1-13-11-16(18-19(27-13)30-10-4-2-3-5-17(30)29-18)21(32)28-15-8-6-14(7-9-15)20(31)26-12-22(23,24)25/h6-9,11H,2-5,10,12H2,1H3,(H,26,31)(H,28,32). The van der Waals surface area contributed by atoms with Gasteiger partial charge < -0.3 is 15.2 Å². The molecule has 0 saturated heterocycles. The number of amides is 2. The van der Waals surface area contributed by atoms with Crippen LogP contribution in [0.15, 0.2) is 30.3 Å². The Kier molecular flexibility index (Phi) is 5.86. The van der Waals surface area contributed by atoms with Crippen molar-refractivity contribution in [2.24, 2.45) is 0 Å². The minimum absolute atomic E-state index is 0.0623. The summed E-state index contributed by atoms with van der Waals surface area (Å²) in [4.78, 5) is 34.1. The fraction of sp³-hybridized carbons (Fsp3) is 0.364. The molecule has 0 radical (unpaired) electrons. The number of carbonyl (C=O) groups excluding carboxylic acids is 2. The summed E-state index contributed by atoms with van der Waals surface area (Å²) in [5.41, 5.74) is 2.82. The largest absolute Gasteiger partial charge is 0.405 e. The first-order valence-corrected chi connectivity index (χ1v) is 10.3. The second kappa shape index (κ2) is 8.60. The first kappa shape index (κ1) is 21.8. The number of halogens is 3. The second-order valence-electron chi connectivity index (χ2n) is 7.80. The van der Waals surface area contributed by atoms with E-state index in [-0.39, 0.29) is 11.5 Å². The minimum Gasteiger partial charge on any atom is -0.343 e. The quantitative estimate of drug-likeness (QED) is 0.635. The first-order chi connectivity index (χ1) is 15.2. The van der Waals surface area contributed by atoms with Crippen LogP contribution in [0.2, 0.25) is 0 Å². The number of aryl methyl sites for hydroxylation is 3. The van der Waals surface area contributed by atoms with Crippen LogP contribution in [-0.2, 0) is 13.0 Å². The highest BCUT2D eigenvalue weighted by molar-refractivity contribution is 6.11. The molecule has 168 valence electrons. The van der Waals surface area contributed by atoms with Crippen molar-refractivity contribution >= 4 is 28.7 Å². The van der Waals surface area contributed by atoms with E-state index >= 15 is 0 Å². The van der Waals surface area contributed by atoms with Crippen LogP contribution in [0.5, 0.6) is 0 Å². The van der Waals surface area contributed by atoms with Crippen molar-refractivity contribution in [3.8, 4) is 0 Å². The molecule has 1 aliphatic heterocycles. The maximum absolute atomic E-state index is 13.0. The molecule has 0 spiro atoms. The van der Waals surface area contributed by atoms with Crippen molar-refractivity contribution in [2.75, 3.05) is 11.9 Å². The number of nitrogens with zero attached hydrogens (tertiary/aromatic N) is 3. The monoisotopic (exact) mass is 445 g/mol. The number of imidazole rings is 1. The lowest BCUT2D eigenvalue weighted by Crippen LogP contribution is -2.33. The van der Waals surface area contributed by atoms with Gasteiger partial charge in [-0.25, -0.2) is 9.97 Å². The fourth-order valence-electron chi connectivity index (χ4n) is 3.77. The maximum atomic E-state index is 13.0. The number of nitrogens with one attached hydrogen (secondary N) is 2. The van der Waals surface area contributed by atoms with Crippen molar-refractivity contribution in [1.29, 1.82) is 0 Å². The molecule has 0 fully saturated rings. The maximum Gasteiger partial charge on any atom is 0.405 e. The lowest BCUT2D eigenvalue weighted by Gasteiger charge is -2.10. The Morgan fingerprint density at radius 2 is 1.81 bits per heavy atom. The smallest absolute Gasteiger partial charge is 0.343 e. The normalized spacial score (nSPS) is 14.0. The van der Waals surface area contributed by atoms with Crippen LogP contribution >= 0.6 is 0 Å². The van der Waals surface area contributed by atoms with E-state index in [0.29, 0.717) is 28.1 Å². The van der Waals surface area contributed by atoms with Gasteiger partial charge >= 0.3 is 6.18 Å². The van der Waals surface area contributed by atoms with E-state index < -0.39 is 18.6 Å². The molecule has 10 heteroatoms. The van der Waals surface area contributed by atoms with Crippen LogP contribution in [0, 0.1) is 6.92 Å². The van der Waals surface area contributed by atoms with E-state index in [4.69, 9.17) is 0 Å². The molecule has 1 aromatic carbocycles. The van der Waals surface area contributed by atoms with Crippen LogP contribution in [0.3, 0.4) is 0 Å². The molecule has 3 aromatic rings. The molecule has 2 N–H and O–H groups in total. The van der Waals surface area contributed by atoms with Crippen molar-refractivity contribution in [3.05, 3.63) is 53.0 Å². The lowest BCUT2D eigenvalue weighted by molar-refractivity contribution is -0.123. The van der Waals surface area contributed by atoms with Crippen molar-refractivity contribution < 1.29 is 22.8 Å². The van der Waals surface area contributed by atoms with Crippen LogP contribution in [0.25, 0.3) is 11.2 Å². The summed E-state index contributed by atoms with van der Waals surface area (Å²) in [5, 5.41) is 4.58. The number of hydrogen-bond donors (Lipinski definition) is 2. The molecule has 32 heavy (non-hydrogen) atoms. The van der Waals surface area contributed by atoms with Gasteiger partial charge in [-0.1, -0.05) is 6.42 Å². The predicted octanol–water partition coefficient (Wildman–Crippen LogP) is 4.01. The number of rotatable bonds is 4. The van der Waals surface area contributed by atoms with E-state index in [1.807, 2.05) is 12.2 Å². The fourth-order valence-corrected chi connectivity index (χ4v) is 3.77. The number of anilines is 1. The lowest BCUT2D eigenvalue weighted by atomic mass is 10.1. The molecule has 2 aromatic heterocycles. The highest BCUT2D eigenvalue weighted by atomic mass is 19.4. The SMILES string of the molecule is Cc1cc(C(=O)Nc2ccc(C(=O)NCC(F)(F)F)cc2)c2nc3n(c2n1)CCCCC3. The van der Waals surface area contributed by atoms with Gasteiger partial charge in [-0.3, -0.25) is 9.59 Å². The Morgan fingerprint density at radius 3 is 2.53 bits per heavy atom. The van der Waals surface area contributed by atoms with Crippen LogP contribution in [0.1, 0.15) is 51.5 Å². The van der Waals surface area contributed by atoms with Gasteiger partial charge in [-0.15, -0.1) is 0 Å². The Balaban J connectivity index is 1.53. The summed E-state index contributed by atoms with van der Waals surface area (Å²) in [6.45, 7) is 1.23. The van der Waals surface area contributed by atoms with E-state index in [0.717, 1.165) is 38.1 Å². The number of hydrogen-bond acceptors (Lipinski definition) is 4. The molecule has 3 heterocycles. The molecule has 7 nitrogen and oxygen atoms in total. The zero-order valence-corrected chi connectivity index (χ0v) is 17.4. The Labute approximate surface area is 182 Å². The van der Waals surface area contributed by atoms with Crippen LogP contribution in [0.4, 0.5) is 18.9 Å². The summed E-state index contributed by atoms with van der Waals surface area (Å²) in [6.07, 6.45) is -0.420. The van der Waals surface area contributed by atoms with E-state index in [1.165, 1.54) is 24.3 Å². The Hall–Kier alpha value is -3.43. The third-order valence-corrected chi connectivity index (χ3v) is 5.29. The molecule has 0 aliphatic carbocycles. The molecule has 2 amide bonds. The minimum atomic E-state index is -4.48. The van der Waals surface area contributed by atoms with Gasteiger partial charge in [0.2, 0.25) is 0 Å². The molecule has 0 atom stereocenters. The Bertz CT molecular complexity index is 1170. The summed E-state index contributed by atoms with van der Waals surface area (Å²) >= 11 is 0. The number of alkyl halides is 3. The van der Waals surface area contributed by atoms with Gasteiger partial charge in [0.1, 0.15) is 17.9 Å². The summed E-state index contributed by atoms with van der Waals surface area (Å²) in [6, 6.07) is 7.33. The predicted molar refractivity (Wildman–Crippen MR) is 113 cm³/mol. The van der Waals surface area contributed by atoms with Gasteiger partial charge in [0.15, 0.2) is 5.65 Å². The summed E-state index contributed by atoms with van der Waals surface area (Å²) < 4.78 is 38.9. The number of carbonyl (C=O) groups is 2. The Morgan fingerprint density at radius 1 is 1.06 bits per heavy atom. The number of benzene rings is 1. The molecular weight excluding hydrogens is 423 g/mol. The third kappa shape index (κ3) is 4.74. The van der Waals surface area contributed by atoms with E-state index in [1.54, 1.807) is 6.07 Å². The molecule has 0 bridgehead atoms. The van der Waals surface area contributed by atoms with Crippen LogP contribution in [-0.4, -0.2) is 39.1 Å². The van der Waals surface area contributed by atoms with Crippen molar-refractivity contribution in [2.45, 2.75) is 45.3 Å². The number of fused-ring (bicyclic) bond motifs is 3. The topological polar surface area (TPSA) is 88.9 Å². The van der Waals surface area contributed by atoms with Crippen LogP contribution < -0.4 is 10.6 Å². The first-order valence-electron chi connectivity index (χ1n) is 10.3. The van der Waals surface area contributed by atoms with Crippen molar-refractivity contribution in [1.82, 2.24) is 19.9 Å². The summed E-state index contributed by atoms with van der Waals surface area (Å²) in [5.74, 6) is -0.284. The molecule has 4 rings (SSSR count). The number of pyridine rings is 1. The van der Waals surface area contributed by atoms with Gasteiger partial charge in [-0.2, -0.15) is 13.2 Å². The van der Waals surface area contributed by atoms with Gasteiger partial charge in [0.05, 0.1) is 5.56 Å². The average molecular weight is 445 g/mol. The second-order valence-corrected chi connectivity index (χ2v) is 7.80. The molecule has 1 aliphatic rings. The highest BCUT2D eigenvalue weighted by Crippen LogP contribution is 2.25. The van der Waals surface area contributed by atoms with Crippen molar-refractivity contribution in [3.63, 3.8) is 0 Å². The zero-order valence-electron chi connectivity index (χ0n) is 17.4. The van der Waals surface area contributed by atoms with Gasteiger partial charge in [0, 0.05) is 29.9 Å². The van der Waals surface area contributed by atoms with Gasteiger partial charge in [0.25, 0.3) is 11.8 Å². The highest BCUT2D eigenvalue weighted by Gasteiger charge is 2.28. The summed E-state index contributed by atoms with van der Waals surface area (Å²) in [7, 11) is 0. The van der Waals surface area contributed by atoms with E-state index in [2.05, 4.69) is 19.9 Å². The molecule has 0 unspecified atom stereocenters. The van der Waals surface area contributed by atoms with Gasteiger partial charge in [-0.05, 0) is 50.1 Å². The number of aromatic nitrogens is 3. The average Bonchev–Trinajstić information content (AvgIpc) is 2.92. The van der Waals surface area contributed by atoms with E-state index in [9.17, 15) is 22.8 Å².